The molecule has 1 aromatic heterocycles. The molecule has 0 saturated heterocycles. The van der Waals surface area contributed by atoms with Crippen LogP contribution in [0.1, 0.15) is 139 Å². The van der Waals surface area contributed by atoms with Crippen LogP contribution in [0.5, 0.6) is 5.88 Å². The number of aromatic hydroxyl groups is 1. The number of amides is 1. The Morgan fingerprint density at radius 3 is 1.96 bits per heavy atom. The molecular formula is C37H58N4O10S2. The molecule has 1 unspecified atom stereocenters. The number of benzene rings is 1. The molecule has 0 saturated carbocycles. The van der Waals surface area contributed by atoms with Crippen LogP contribution in [-0.2, 0) is 28.6 Å². The predicted molar refractivity (Wildman–Crippen MR) is 203 cm³/mol. The van der Waals surface area contributed by atoms with Crippen LogP contribution >= 0.6 is 0 Å². The van der Waals surface area contributed by atoms with Gasteiger partial charge < -0.3 is 10.0 Å². The van der Waals surface area contributed by atoms with E-state index in [0.717, 1.165) is 89.3 Å². The number of hydrogen-bond acceptors (Lipinski definition) is 12. The number of aromatic nitrogens is 1. The highest BCUT2D eigenvalue weighted by molar-refractivity contribution is 7.87. The first-order valence-electron chi connectivity index (χ1n) is 18.7. The van der Waals surface area contributed by atoms with Gasteiger partial charge in [0, 0.05) is 25.6 Å². The Bertz CT molecular complexity index is 1840. The van der Waals surface area contributed by atoms with Gasteiger partial charge in [0.25, 0.3) is 31.7 Å². The number of carbonyl (C=O) groups is 2. The van der Waals surface area contributed by atoms with Crippen molar-refractivity contribution in [3.05, 3.63) is 39.7 Å². The van der Waals surface area contributed by atoms with E-state index < -0.39 is 64.7 Å². The van der Waals surface area contributed by atoms with E-state index >= 15 is 0 Å². The lowest BCUT2D eigenvalue weighted by molar-refractivity contribution is 0.0726. The van der Waals surface area contributed by atoms with Gasteiger partial charge in [-0.25, -0.2) is 4.57 Å². The molecule has 0 aliphatic rings. The lowest BCUT2D eigenvalue weighted by Gasteiger charge is -2.27. The Morgan fingerprint density at radius 1 is 0.849 bits per heavy atom. The summed E-state index contributed by atoms with van der Waals surface area (Å²) in [6.07, 6.45) is 9.79. The highest BCUT2D eigenvalue weighted by Gasteiger charge is 2.30. The first kappa shape index (κ1) is 45.7. The lowest BCUT2D eigenvalue weighted by Crippen LogP contribution is -2.37. The summed E-state index contributed by atoms with van der Waals surface area (Å²) in [5.41, 5.74) is -2.56. The monoisotopic (exact) mass is 782 g/mol. The second-order valence-electron chi connectivity index (χ2n) is 13.1. The molecule has 53 heavy (non-hydrogen) atoms. The Labute approximate surface area is 315 Å². The Hall–Kier alpha value is -3.47. The number of carbonyl (C=O) groups excluding carboxylic acids is 2. The van der Waals surface area contributed by atoms with Crippen LogP contribution in [0.15, 0.2) is 43.0 Å². The molecule has 1 atom stereocenters. The molecule has 2 rings (SSSR count). The SMILES string of the molecule is CCCCCCOS(=O)(=O)c1ccc(S(=O)(=O)OCCCCCC)c(N=Nc2c(C)c(C(=O)N(CC)CC(CC)CCCC)c(O)n(C(C)=O)c2=O)c1. The van der Waals surface area contributed by atoms with E-state index in [9.17, 15) is 36.3 Å². The van der Waals surface area contributed by atoms with E-state index in [2.05, 4.69) is 17.2 Å². The van der Waals surface area contributed by atoms with Gasteiger partial charge in [-0.05, 0) is 57.2 Å². The molecule has 0 bridgehead atoms. The van der Waals surface area contributed by atoms with Crippen molar-refractivity contribution >= 4 is 43.4 Å². The maximum Gasteiger partial charge on any atom is 0.299 e. The van der Waals surface area contributed by atoms with E-state index in [0.29, 0.717) is 24.0 Å². The molecule has 14 nitrogen and oxygen atoms in total. The van der Waals surface area contributed by atoms with Gasteiger partial charge in [-0.2, -0.15) is 16.8 Å². The summed E-state index contributed by atoms with van der Waals surface area (Å²) < 4.78 is 63.9. The van der Waals surface area contributed by atoms with Crippen molar-refractivity contribution in [1.29, 1.82) is 0 Å². The average molecular weight is 783 g/mol. The molecule has 0 radical (unpaired) electrons. The van der Waals surface area contributed by atoms with E-state index in [1.807, 2.05) is 20.8 Å². The van der Waals surface area contributed by atoms with Crippen LogP contribution in [-0.4, -0.2) is 69.5 Å². The van der Waals surface area contributed by atoms with Gasteiger partial charge in [0.2, 0.25) is 11.8 Å². The zero-order valence-corrected chi connectivity index (χ0v) is 34.0. The third-order valence-corrected chi connectivity index (χ3v) is 11.7. The van der Waals surface area contributed by atoms with Gasteiger partial charge in [-0.15, -0.1) is 10.2 Å². The van der Waals surface area contributed by atoms with Crippen LogP contribution in [0.2, 0.25) is 0 Å². The summed E-state index contributed by atoms with van der Waals surface area (Å²) >= 11 is 0. The molecule has 0 aliphatic heterocycles. The Kier molecular flexibility index (Phi) is 19.0. The van der Waals surface area contributed by atoms with Crippen molar-refractivity contribution in [3.8, 4) is 5.88 Å². The zero-order valence-electron chi connectivity index (χ0n) is 32.3. The van der Waals surface area contributed by atoms with Gasteiger partial charge in [0.15, 0.2) is 5.69 Å². The normalized spacial score (nSPS) is 12.7. The summed E-state index contributed by atoms with van der Waals surface area (Å²) in [6, 6.07) is 3.02. The smallest absolute Gasteiger partial charge is 0.299 e. The van der Waals surface area contributed by atoms with E-state index in [1.165, 1.54) is 11.8 Å². The number of rotatable bonds is 24. The first-order valence-corrected chi connectivity index (χ1v) is 21.6. The molecule has 1 amide bonds. The van der Waals surface area contributed by atoms with Crippen molar-refractivity contribution in [2.24, 2.45) is 16.1 Å². The fourth-order valence-corrected chi connectivity index (χ4v) is 7.76. The molecule has 16 heteroatoms. The lowest BCUT2D eigenvalue weighted by atomic mass is 9.98. The Morgan fingerprint density at radius 2 is 1.43 bits per heavy atom. The van der Waals surface area contributed by atoms with Crippen molar-refractivity contribution in [1.82, 2.24) is 9.47 Å². The number of unbranched alkanes of at least 4 members (excludes halogenated alkanes) is 7. The van der Waals surface area contributed by atoms with Crippen molar-refractivity contribution in [2.45, 2.75) is 135 Å². The maximum absolute atomic E-state index is 14.0. The van der Waals surface area contributed by atoms with Crippen LogP contribution < -0.4 is 5.56 Å². The molecular weight excluding hydrogens is 725 g/mol. The van der Waals surface area contributed by atoms with Gasteiger partial charge in [-0.1, -0.05) is 85.5 Å². The molecule has 1 heterocycles. The quantitative estimate of drug-likeness (QED) is 0.0617. The number of hydrogen-bond donors (Lipinski definition) is 1. The molecule has 0 spiro atoms. The topological polar surface area (TPSA) is 191 Å². The predicted octanol–water partition coefficient (Wildman–Crippen LogP) is 8.19. The third kappa shape index (κ3) is 12.8. The number of nitrogens with zero attached hydrogens (tertiary/aromatic N) is 4. The van der Waals surface area contributed by atoms with E-state index in [1.54, 1.807) is 6.92 Å². The summed E-state index contributed by atoms with van der Waals surface area (Å²) in [6.45, 7) is 12.7. The van der Waals surface area contributed by atoms with Crippen LogP contribution in [0.4, 0.5) is 11.4 Å². The van der Waals surface area contributed by atoms with Gasteiger partial charge in [0.1, 0.15) is 16.1 Å². The first-order chi connectivity index (χ1) is 25.1. The molecule has 298 valence electrons. The van der Waals surface area contributed by atoms with Crippen LogP contribution in [0.25, 0.3) is 0 Å². The average Bonchev–Trinajstić information content (AvgIpc) is 3.11. The number of pyridine rings is 1. The van der Waals surface area contributed by atoms with Crippen molar-refractivity contribution < 1.29 is 39.9 Å². The Balaban J connectivity index is 2.75. The van der Waals surface area contributed by atoms with Crippen molar-refractivity contribution in [3.63, 3.8) is 0 Å². The minimum atomic E-state index is -4.51. The molecule has 0 aliphatic carbocycles. The fourth-order valence-electron chi connectivity index (χ4n) is 5.74. The van der Waals surface area contributed by atoms with Crippen molar-refractivity contribution in [2.75, 3.05) is 26.3 Å². The number of azo groups is 1. The van der Waals surface area contributed by atoms with Crippen LogP contribution in [0, 0.1) is 12.8 Å². The minimum absolute atomic E-state index is 0.0828. The summed E-state index contributed by atoms with van der Waals surface area (Å²) in [5, 5.41) is 19.2. The van der Waals surface area contributed by atoms with E-state index in [-0.39, 0.29) is 36.8 Å². The minimum Gasteiger partial charge on any atom is -0.493 e. The third-order valence-electron chi connectivity index (χ3n) is 9.01. The summed E-state index contributed by atoms with van der Waals surface area (Å²) in [7, 11) is -8.87. The second kappa shape index (κ2) is 22.0. The standard InChI is InChI=1S/C37H58N4O10S2/c1-8-13-16-18-23-50-52(46,47)30-21-22-32(53(48,49)51-24-19-17-14-9-2)31(25-30)38-39-34-27(6)33(36(44)41(28(7)42)37(34)45)35(43)40(12-5)26-29(11-4)20-15-10-3/h21-22,25,29,44H,8-20,23-24,26H2,1-7H3. The van der Waals surface area contributed by atoms with Gasteiger partial charge in [-0.3, -0.25) is 22.7 Å². The summed E-state index contributed by atoms with van der Waals surface area (Å²) in [5.74, 6) is -2.21. The molecule has 0 fully saturated rings. The molecule has 1 aromatic carbocycles. The second-order valence-corrected chi connectivity index (χ2v) is 16.3. The summed E-state index contributed by atoms with van der Waals surface area (Å²) in [4.78, 5) is 40.9. The fraction of sp³-hybridized carbons (Fsp3) is 0.649. The van der Waals surface area contributed by atoms with Gasteiger partial charge >= 0.3 is 0 Å². The van der Waals surface area contributed by atoms with Gasteiger partial charge in [0.05, 0.1) is 18.1 Å². The van der Waals surface area contributed by atoms with E-state index in [4.69, 9.17) is 8.37 Å². The largest absolute Gasteiger partial charge is 0.493 e. The molecule has 1 N–H and O–H groups in total. The van der Waals surface area contributed by atoms with Crippen LogP contribution in [0.3, 0.4) is 0 Å². The zero-order chi connectivity index (χ0) is 39.8. The molecule has 2 aromatic rings. The highest BCUT2D eigenvalue weighted by Crippen LogP contribution is 2.33. The highest BCUT2D eigenvalue weighted by atomic mass is 32.2. The maximum atomic E-state index is 14.0.